The molecule has 3 fully saturated rings. The van der Waals surface area contributed by atoms with E-state index in [1.54, 1.807) is 5.57 Å². The predicted molar refractivity (Wildman–Crippen MR) is 95.7 cm³/mol. The summed E-state index contributed by atoms with van der Waals surface area (Å²) in [5, 5.41) is 39.5. The summed E-state index contributed by atoms with van der Waals surface area (Å²) < 4.78 is 0. The summed E-state index contributed by atoms with van der Waals surface area (Å²) >= 11 is 0. The van der Waals surface area contributed by atoms with Gasteiger partial charge in [0, 0.05) is 5.41 Å². The molecule has 0 saturated heterocycles. The van der Waals surface area contributed by atoms with Crippen LogP contribution in [0.3, 0.4) is 0 Å². The maximum atomic E-state index is 12.5. The topological polar surface area (TPSA) is 98.0 Å². The van der Waals surface area contributed by atoms with Crippen LogP contribution in [0.1, 0.15) is 71.6 Å². The highest BCUT2D eigenvalue weighted by molar-refractivity contribution is 5.92. The molecule has 0 aromatic heterocycles. The van der Waals surface area contributed by atoms with Crippen molar-refractivity contribution in [1.29, 1.82) is 0 Å². The average Bonchev–Trinajstić information content (AvgIpc) is 2.85. The lowest BCUT2D eigenvalue weighted by Crippen LogP contribution is -2.62. The largest absolute Gasteiger partial charge is 0.381 e. The molecular weight excluding hydrogens is 332 g/mol. The molecule has 0 amide bonds. The summed E-state index contributed by atoms with van der Waals surface area (Å²) in [7, 11) is 0. The molecule has 26 heavy (non-hydrogen) atoms. The van der Waals surface area contributed by atoms with Gasteiger partial charge in [-0.25, -0.2) is 0 Å². The maximum absolute atomic E-state index is 12.5. The van der Waals surface area contributed by atoms with Gasteiger partial charge in [-0.3, -0.25) is 4.79 Å². The normalized spacial score (nSPS) is 48.2. The zero-order chi connectivity index (χ0) is 19.0. The van der Waals surface area contributed by atoms with Crippen LogP contribution in [0.5, 0.6) is 0 Å². The van der Waals surface area contributed by atoms with Gasteiger partial charge in [0.2, 0.25) is 0 Å². The van der Waals surface area contributed by atoms with Crippen LogP contribution in [-0.2, 0) is 4.79 Å². The molecule has 4 aliphatic rings. The van der Waals surface area contributed by atoms with E-state index >= 15 is 0 Å². The Morgan fingerprint density at radius 2 is 1.77 bits per heavy atom. The zero-order valence-corrected chi connectivity index (χ0v) is 15.9. The molecule has 0 radical (unpaired) electrons. The molecule has 0 aromatic rings. The summed E-state index contributed by atoms with van der Waals surface area (Å²) in [6.07, 6.45) is 10.9. The second-order valence-corrected chi connectivity index (χ2v) is 9.79. The number of rotatable bonds is 2. The third-order valence-corrected chi connectivity index (χ3v) is 8.85. The molecule has 0 aromatic carbocycles. The van der Waals surface area contributed by atoms with Crippen LogP contribution in [0.4, 0.5) is 0 Å². The number of allylic oxidation sites excluding steroid dienone is 2. The number of hydrogen-bond acceptors (Lipinski definition) is 5. The van der Waals surface area contributed by atoms with Gasteiger partial charge in [0.25, 0.3) is 5.78 Å². The summed E-state index contributed by atoms with van der Waals surface area (Å²) in [4.78, 5) is 12.5. The van der Waals surface area contributed by atoms with E-state index in [-0.39, 0.29) is 17.8 Å². The first-order valence-corrected chi connectivity index (χ1v) is 10.2. The molecule has 0 heterocycles. The fourth-order valence-electron chi connectivity index (χ4n) is 7.36. The van der Waals surface area contributed by atoms with Crippen molar-refractivity contribution in [3.05, 3.63) is 11.6 Å². The Labute approximate surface area is 155 Å². The highest BCUT2D eigenvalue weighted by Gasteiger charge is 2.68. The number of fused-ring (bicyclic) bond motifs is 5. The van der Waals surface area contributed by atoms with E-state index < -0.39 is 22.8 Å². The molecule has 5 nitrogen and oxygen atoms in total. The van der Waals surface area contributed by atoms with E-state index in [9.17, 15) is 25.2 Å². The van der Waals surface area contributed by atoms with Gasteiger partial charge in [0.05, 0.1) is 0 Å². The van der Waals surface area contributed by atoms with Gasteiger partial charge in [-0.2, -0.15) is 0 Å². The second-order valence-electron chi connectivity index (χ2n) is 9.79. The van der Waals surface area contributed by atoms with Crippen molar-refractivity contribution in [2.45, 2.75) is 83.2 Å². The Morgan fingerprint density at radius 1 is 1.08 bits per heavy atom. The first kappa shape index (κ1) is 18.6. The molecule has 0 bridgehead atoms. The highest BCUT2D eigenvalue weighted by Crippen LogP contribution is 2.67. The molecule has 5 heteroatoms. The van der Waals surface area contributed by atoms with Crippen molar-refractivity contribution < 1.29 is 25.2 Å². The smallest absolute Gasteiger partial charge is 0.342 e. The second kappa shape index (κ2) is 5.63. The Balaban J connectivity index is 1.69. The Hall–Kier alpha value is -0.750. The Morgan fingerprint density at radius 3 is 2.46 bits per heavy atom. The lowest BCUT2D eigenvalue weighted by molar-refractivity contribution is -0.300. The Bertz CT molecular complexity index is 649. The summed E-state index contributed by atoms with van der Waals surface area (Å²) in [5.41, 5.74) is -0.751. The van der Waals surface area contributed by atoms with Gasteiger partial charge >= 0.3 is 5.97 Å². The quantitative estimate of drug-likeness (QED) is 0.445. The maximum Gasteiger partial charge on any atom is 0.342 e. The van der Waals surface area contributed by atoms with Gasteiger partial charge in [-0.05, 0) is 74.5 Å². The van der Waals surface area contributed by atoms with Gasteiger partial charge < -0.3 is 20.4 Å². The van der Waals surface area contributed by atoms with E-state index in [1.807, 2.05) is 6.92 Å². The molecule has 0 spiro atoms. The number of ketones is 1. The SMILES string of the molecule is C[C@]12CCCCC1=CC[C@@H]1[C@@H]2CC[C@@]2(C)[C@H]1CC[C@]2(O)C(=O)C(O)(O)O. The lowest BCUT2D eigenvalue weighted by atomic mass is 9.47. The molecular formula is C21H32O5. The number of carbonyl (C=O) groups is 1. The van der Waals surface area contributed by atoms with Crippen LogP contribution in [0.2, 0.25) is 0 Å². The first-order valence-electron chi connectivity index (χ1n) is 10.2. The molecule has 3 saturated carbocycles. The van der Waals surface area contributed by atoms with Crippen LogP contribution in [0, 0.1) is 28.6 Å². The van der Waals surface area contributed by atoms with E-state index in [1.165, 1.54) is 25.7 Å². The number of aliphatic hydroxyl groups is 4. The molecule has 0 unspecified atom stereocenters. The van der Waals surface area contributed by atoms with Crippen molar-refractivity contribution in [3.63, 3.8) is 0 Å². The van der Waals surface area contributed by atoms with Crippen LogP contribution in [-0.4, -0.2) is 37.8 Å². The Kier molecular flexibility index (Phi) is 4.03. The van der Waals surface area contributed by atoms with E-state index in [4.69, 9.17) is 0 Å². The van der Waals surface area contributed by atoms with Gasteiger partial charge in [-0.1, -0.05) is 31.9 Å². The minimum atomic E-state index is -3.47. The van der Waals surface area contributed by atoms with Crippen LogP contribution in [0.25, 0.3) is 0 Å². The summed E-state index contributed by atoms with van der Waals surface area (Å²) in [6.45, 7) is 4.32. The van der Waals surface area contributed by atoms with Gasteiger partial charge in [0.15, 0.2) is 0 Å². The molecule has 4 rings (SSSR count). The fraction of sp³-hybridized carbons (Fsp3) is 0.857. The minimum absolute atomic E-state index is 0.161. The summed E-state index contributed by atoms with van der Waals surface area (Å²) in [6, 6.07) is 0. The fourth-order valence-corrected chi connectivity index (χ4v) is 7.36. The van der Waals surface area contributed by atoms with Gasteiger partial charge in [-0.15, -0.1) is 0 Å². The van der Waals surface area contributed by atoms with Crippen molar-refractivity contribution in [2.75, 3.05) is 0 Å². The van der Waals surface area contributed by atoms with Crippen molar-refractivity contribution >= 4 is 5.78 Å². The van der Waals surface area contributed by atoms with Crippen LogP contribution >= 0.6 is 0 Å². The molecule has 6 atom stereocenters. The van der Waals surface area contributed by atoms with Crippen LogP contribution in [0.15, 0.2) is 11.6 Å². The lowest BCUT2D eigenvalue weighted by Gasteiger charge is -2.58. The van der Waals surface area contributed by atoms with Crippen molar-refractivity contribution in [2.24, 2.45) is 28.6 Å². The molecule has 0 aliphatic heterocycles. The van der Waals surface area contributed by atoms with E-state index in [2.05, 4.69) is 13.0 Å². The molecule has 4 N–H and O–H groups in total. The number of carbonyl (C=O) groups excluding carboxylic acids is 1. The molecule has 4 aliphatic carbocycles. The first-order chi connectivity index (χ1) is 12.0. The number of hydrogen-bond donors (Lipinski definition) is 4. The third kappa shape index (κ3) is 2.27. The van der Waals surface area contributed by atoms with Crippen LogP contribution < -0.4 is 0 Å². The van der Waals surface area contributed by atoms with Gasteiger partial charge in [0.1, 0.15) is 5.60 Å². The monoisotopic (exact) mass is 364 g/mol. The predicted octanol–water partition coefficient (Wildman–Crippen LogP) is 2.27. The average molecular weight is 364 g/mol. The highest BCUT2D eigenvalue weighted by atomic mass is 16.7. The van der Waals surface area contributed by atoms with E-state index in [0.29, 0.717) is 24.7 Å². The van der Waals surface area contributed by atoms with E-state index in [0.717, 1.165) is 12.8 Å². The minimum Gasteiger partial charge on any atom is -0.381 e. The van der Waals surface area contributed by atoms with Crippen molar-refractivity contribution in [3.8, 4) is 0 Å². The third-order valence-electron chi connectivity index (χ3n) is 8.85. The molecule has 146 valence electrons. The number of Topliss-reactive ketones (excluding diaryl/α,β-unsaturated/α-hetero) is 1. The zero-order valence-electron chi connectivity index (χ0n) is 15.9. The standard InChI is InChI=1S/C21H32O5/c1-18-10-4-3-5-13(18)6-7-14-15(18)8-11-19(2)16(14)9-12-20(19,23)17(22)21(24,25)26/h6,14-16,23-26H,3-5,7-12H2,1-2H3/t14-,15+,16+,18+,19+,20+/m1/s1. The van der Waals surface area contributed by atoms with Crippen molar-refractivity contribution in [1.82, 2.24) is 0 Å². The summed E-state index contributed by atoms with van der Waals surface area (Å²) in [5.74, 6) is -3.59.